The van der Waals surface area contributed by atoms with Crippen LogP contribution in [0.1, 0.15) is 31.9 Å². The van der Waals surface area contributed by atoms with Crippen molar-refractivity contribution in [2.24, 2.45) is 11.7 Å². The molecule has 106 valence electrons. The van der Waals surface area contributed by atoms with Crippen molar-refractivity contribution in [2.75, 3.05) is 32.1 Å². The summed E-state index contributed by atoms with van der Waals surface area (Å²) < 4.78 is 0. The Morgan fingerprint density at radius 3 is 2.42 bits per heavy atom. The maximum Gasteiger partial charge on any atom is 0.0361 e. The zero-order valence-electron chi connectivity index (χ0n) is 12.6. The smallest absolute Gasteiger partial charge is 0.0361 e. The Morgan fingerprint density at radius 2 is 1.89 bits per heavy atom. The second kappa shape index (κ2) is 5.93. The van der Waals surface area contributed by atoms with Crippen molar-refractivity contribution in [2.45, 2.75) is 32.4 Å². The number of nitrogens with zero attached hydrogens (tertiary/aromatic N) is 2. The van der Waals surface area contributed by atoms with Crippen LogP contribution < -0.4 is 10.6 Å². The highest BCUT2D eigenvalue weighted by atomic mass is 15.2. The van der Waals surface area contributed by atoms with Gasteiger partial charge < -0.3 is 10.6 Å². The quantitative estimate of drug-likeness (QED) is 0.907. The summed E-state index contributed by atoms with van der Waals surface area (Å²) in [7, 11) is 4.15. The minimum atomic E-state index is 0.375. The average Bonchev–Trinajstić information content (AvgIpc) is 2.41. The van der Waals surface area contributed by atoms with Gasteiger partial charge in [0, 0.05) is 45.0 Å². The number of piperidine rings is 1. The molecule has 19 heavy (non-hydrogen) atoms. The molecule has 1 aromatic rings. The molecule has 3 unspecified atom stereocenters. The molecule has 0 aliphatic carbocycles. The number of hydrogen-bond acceptors (Lipinski definition) is 3. The van der Waals surface area contributed by atoms with Crippen molar-refractivity contribution >= 4 is 5.69 Å². The molecule has 1 aliphatic rings. The predicted molar refractivity (Wildman–Crippen MR) is 82.5 cm³/mol. The molecule has 1 fully saturated rings. The monoisotopic (exact) mass is 261 g/mol. The van der Waals surface area contributed by atoms with Gasteiger partial charge in [-0.05, 0) is 37.0 Å². The summed E-state index contributed by atoms with van der Waals surface area (Å²) in [6.45, 7) is 6.78. The number of anilines is 1. The molecule has 3 atom stereocenters. The Hall–Kier alpha value is -1.06. The third kappa shape index (κ3) is 3.28. The minimum Gasteiger partial charge on any atom is -0.378 e. The Labute approximate surface area is 117 Å². The first-order valence-corrected chi connectivity index (χ1v) is 7.26. The zero-order valence-corrected chi connectivity index (χ0v) is 12.6. The number of benzene rings is 1. The lowest BCUT2D eigenvalue weighted by atomic mass is 9.92. The fraction of sp³-hybridized carbons (Fsp3) is 0.625. The Bertz CT molecular complexity index is 399. The molecule has 0 radical (unpaired) electrons. The van der Waals surface area contributed by atoms with Crippen LogP contribution in [0, 0.1) is 5.92 Å². The van der Waals surface area contributed by atoms with Gasteiger partial charge in [0.15, 0.2) is 0 Å². The first kappa shape index (κ1) is 14.4. The highest BCUT2D eigenvalue weighted by molar-refractivity contribution is 5.46. The predicted octanol–water partition coefficient (Wildman–Crippen LogP) is 2.48. The number of rotatable bonds is 3. The Balaban J connectivity index is 2.05. The third-order valence-electron chi connectivity index (χ3n) is 4.44. The molecular weight excluding hydrogens is 234 g/mol. The molecule has 1 saturated heterocycles. The van der Waals surface area contributed by atoms with Crippen molar-refractivity contribution in [3.05, 3.63) is 29.8 Å². The lowest BCUT2D eigenvalue weighted by Gasteiger charge is -2.39. The van der Waals surface area contributed by atoms with Gasteiger partial charge in [0.1, 0.15) is 0 Å². The van der Waals surface area contributed by atoms with Crippen molar-refractivity contribution < 1.29 is 0 Å². The van der Waals surface area contributed by atoms with Crippen molar-refractivity contribution in [1.82, 2.24) is 4.90 Å². The first-order valence-electron chi connectivity index (χ1n) is 7.26. The van der Waals surface area contributed by atoms with Gasteiger partial charge in [0.05, 0.1) is 0 Å². The normalized spacial score (nSPS) is 26.2. The fourth-order valence-corrected chi connectivity index (χ4v) is 2.81. The van der Waals surface area contributed by atoms with Crippen molar-refractivity contribution in [1.29, 1.82) is 0 Å². The van der Waals surface area contributed by atoms with Gasteiger partial charge in [-0.1, -0.05) is 19.1 Å². The third-order valence-corrected chi connectivity index (χ3v) is 4.44. The molecule has 0 aromatic heterocycles. The molecule has 1 aliphatic heterocycles. The Kier molecular flexibility index (Phi) is 4.48. The van der Waals surface area contributed by atoms with Crippen molar-refractivity contribution in [3.8, 4) is 0 Å². The fourth-order valence-electron chi connectivity index (χ4n) is 2.81. The standard InChI is InChI=1S/C16H27N3/c1-12-11-19(10-9-16(12)17)13(2)14-5-7-15(8-6-14)18(3)4/h5-8,12-13,16H,9-11,17H2,1-4H3. The molecule has 0 amide bonds. The van der Waals surface area contributed by atoms with Gasteiger partial charge in [-0.2, -0.15) is 0 Å². The SMILES string of the molecule is CC1CN(C(C)c2ccc(N(C)C)cc2)CCC1N. The van der Waals surface area contributed by atoms with Crippen LogP contribution >= 0.6 is 0 Å². The van der Waals surface area contributed by atoms with Gasteiger partial charge in [0.25, 0.3) is 0 Å². The van der Waals surface area contributed by atoms with E-state index in [1.165, 1.54) is 11.3 Å². The number of likely N-dealkylation sites (tertiary alicyclic amines) is 1. The van der Waals surface area contributed by atoms with Crippen LogP contribution in [0.2, 0.25) is 0 Å². The van der Waals surface area contributed by atoms with Crippen LogP contribution in [0.4, 0.5) is 5.69 Å². The molecule has 2 N–H and O–H groups in total. The maximum atomic E-state index is 6.10. The van der Waals surface area contributed by atoms with Crippen LogP contribution in [0.3, 0.4) is 0 Å². The van der Waals surface area contributed by atoms with Gasteiger partial charge in [-0.25, -0.2) is 0 Å². The molecular formula is C16H27N3. The average molecular weight is 261 g/mol. The minimum absolute atomic E-state index is 0.375. The van der Waals surface area contributed by atoms with Crippen molar-refractivity contribution in [3.63, 3.8) is 0 Å². The molecule has 2 rings (SSSR count). The van der Waals surface area contributed by atoms with Crippen LogP contribution in [0.15, 0.2) is 24.3 Å². The maximum absolute atomic E-state index is 6.10. The van der Waals surface area contributed by atoms with E-state index in [-0.39, 0.29) is 0 Å². The lowest BCUT2D eigenvalue weighted by molar-refractivity contribution is 0.124. The highest BCUT2D eigenvalue weighted by Crippen LogP contribution is 2.27. The van der Waals surface area contributed by atoms with Gasteiger partial charge in [0.2, 0.25) is 0 Å². The molecule has 0 saturated carbocycles. The van der Waals surface area contributed by atoms with E-state index in [0.29, 0.717) is 18.0 Å². The van der Waals surface area contributed by atoms with Gasteiger partial charge >= 0.3 is 0 Å². The van der Waals surface area contributed by atoms with E-state index in [9.17, 15) is 0 Å². The summed E-state index contributed by atoms with van der Waals surface area (Å²) >= 11 is 0. The van der Waals surface area contributed by atoms with Crippen LogP contribution in [-0.2, 0) is 0 Å². The molecule has 1 aromatic carbocycles. The second-order valence-electron chi connectivity index (χ2n) is 6.09. The van der Waals surface area contributed by atoms with Crippen LogP contribution in [0.5, 0.6) is 0 Å². The van der Waals surface area contributed by atoms with Gasteiger partial charge in [-0.3, -0.25) is 4.90 Å². The summed E-state index contributed by atoms with van der Waals surface area (Å²) in [5.41, 5.74) is 8.75. The van der Waals surface area contributed by atoms with E-state index in [0.717, 1.165) is 19.5 Å². The molecule has 3 nitrogen and oxygen atoms in total. The Morgan fingerprint density at radius 1 is 1.26 bits per heavy atom. The lowest BCUT2D eigenvalue weighted by Crippen LogP contribution is -2.46. The number of nitrogens with two attached hydrogens (primary N) is 1. The van der Waals surface area contributed by atoms with Gasteiger partial charge in [-0.15, -0.1) is 0 Å². The van der Waals surface area contributed by atoms with E-state index in [2.05, 4.69) is 62.0 Å². The largest absolute Gasteiger partial charge is 0.378 e. The van der Waals surface area contributed by atoms with E-state index < -0.39 is 0 Å². The summed E-state index contributed by atoms with van der Waals surface area (Å²) in [6, 6.07) is 9.75. The number of hydrogen-bond donors (Lipinski definition) is 1. The second-order valence-corrected chi connectivity index (χ2v) is 6.09. The highest BCUT2D eigenvalue weighted by Gasteiger charge is 2.26. The molecule has 0 spiro atoms. The molecule has 1 heterocycles. The summed E-state index contributed by atoms with van der Waals surface area (Å²) in [6.07, 6.45) is 1.11. The summed E-state index contributed by atoms with van der Waals surface area (Å²) in [4.78, 5) is 4.69. The molecule has 3 heteroatoms. The topological polar surface area (TPSA) is 32.5 Å². The van der Waals surface area contributed by atoms with Crippen LogP contribution in [-0.4, -0.2) is 38.1 Å². The van der Waals surface area contributed by atoms with Crippen LogP contribution in [0.25, 0.3) is 0 Å². The van der Waals surface area contributed by atoms with E-state index in [1.807, 2.05) is 0 Å². The summed E-state index contributed by atoms with van der Waals surface area (Å²) in [5, 5.41) is 0. The van der Waals surface area contributed by atoms with E-state index in [4.69, 9.17) is 5.73 Å². The first-order chi connectivity index (χ1) is 8.99. The zero-order chi connectivity index (χ0) is 14.0. The summed E-state index contributed by atoms with van der Waals surface area (Å²) in [5.74, 6) is 0.595. The van der Waals surface area contributed by atoms with E-state index in [1.54, 1.807) is 0 Å². The molecule has 0 bridgehead atoms. The van der Waals surface area contributed by atoms with E-state index >= 15 is 0 Å².